The summed E-state index contributed by atoms with van der Waals surface area (Å²) in [4.78, 5) is 21.9. The normalized spacial score (nSPS) is 9.71. The van der Waals surface area contributed by atoms with Crippen molar-refractivity contribution in [2.75, 3.05) is 10.6 Å². The molecule has 2 rings (SSSR count). The molecule has 106 valence electrons. The Labute approximate surface area is 121 Å². The third kappa shape index (κ3) is 3.66. The van der Waals surface area contributed by atoms with Crippen LogP contribution in [0.5, 0.6) is 0 Å². The Morgan fingerprint density at radius 1 is 1.14 bits per heavy atom. The van der Waals surface area contributed by atoms with E-state index >= 15 is 0 Å². The zero-order valence-electron chi connectivity index (χ0n) is 11.1. The molecule has 21 heavy (non-hydrogen) atoms. The lowest BCUT2D eigenvalue weighted by Crippen LogP contribution is -2.08. The highest BCUT2D eigenvalue weighted by atomic mass is 16.6. The highest BCUT2D eigenvalue weighted by Crippen LogP contribution is 2.30. The maximum absolute atomic E-state index is 11.2. The smallest absolute Gasteiger partial charge is 0.294 e. The third-order valence-electron chi connectivity index (χ3n) is 2.70. The molecule has 2 aromatic carbocycles. The van der Waals surface area contributed by atoms with Crippen molar-refractivity contribution in [2.24, 2.45) is 0 Å². The fourth-order valence-corrected chi connectivity index (χ4v) is 1.74. The molecule has 6 heteroatoms. The van der Waals surface area contributed by atoms with Crippen molar-refractivity contribution in [1.29, 1.82) is 0 Å². The van der Waals surface area contributed by atoms with Crippen LogP contribution >= 0.6 is 0 Å². The lowest BCUT2D eigenvalue weighted by atomic mass is 10.2. The number of nitro benzene ring substituents is 1. The molecule has 2 N–H and O–H groups in total. The Morgan fingerprint density at radius 3 is 2.48 bits per heavy atom. The molecule has 0 aliphatic rings. The van der Waals surface area contributed by atoms with Gasteiger partial charge in [-0.25, -0.2) is 0 Å². The minimum atomic E-state index is -0.505. The summed E-state index contributed by atoms with van der Waals surface area (Å²) in [5.74, 6) is -0.423. The number of carbonyl (C=O) groups is 1. The minimum absolute atomic E-state index is 0.124. The van der Waals surface area contributed by atoms with Gasteiger partial charge in [0.2, 0.25) is 5.91 Å². The number of anilines is 3. The number of hydrogen-bond acceptors (Lipinski definition) is 4. The van der Waals surface area contributed by atoms with Crippen molar-refractivity contribution in [3.63, 3.8) is 0 Å². The molecular weight excluding hydrogens is 270 g/mol. The minimum Gasteiger partial charge on any atom is -0.350 e. The number of para-hydroxylation sites is 1. The molecule has 0 unspecified atom stereocenters. The largest absolute Gasteiger partial charge is 0.350 e. The van der Waals surface area contributed by atoms with E-state index in [0.29, 0.717) is 11.4 Å². The first-order valence-electron chi connectivity index (χ1n) is 6.14. The molecule has 0 bridgehead atoms. The summed E-state index contributed by atoms with van der Waals surface area (Å²) in [6.45, 7) is 3.33. The molecular formula is C15H13N3O3. The van der Waals surface area contributed by atoms with Gasteiger partial charge < -0.3 is 10.6 Å². The topological polar surface area (TPSA) is 84.3 Å². The first kappa shape index (κ1) is 14.3. The molecule has 2 aromatic rings. The molecule has 0 aromatic heterocycles. The van der Waals surface area contributed by atoms with Crippen molar-refractivity contribution >= 4 is 28.7 Å². The fourth-order valence-electron chi connectivity index (χ4n) is 1.74. The van der Waals surface area contributed by atoms with Gasteiger partial charge in [0.05, 0.1) is 4.92 Å². The van der Waals surface area contributed by atoms with Crippen LogP contribution in [0.3, 0.4) is 0 Å². The molecule has 0 aliphatic heterocycles. The Balaban J connectivity index is 2.31. The molecule has 0 heterocycles. The second-order valence-electron chi connectivity index (χ2n) is 4.17. The van der Waals surface area contributed by atoms with Crippen LogP contribution in [0.4, 0.5) is 22.7 Å². The molecule has 0 aliphatic carbocycles. The molecule has 0 atom stereocenters. The van der Waals surface area contributed by atoms with Crippen LogP contribution in [-0.2, 0) is 4.79 Å². The summed E-state index contributed by atoms with van der Waals surface area (Å²) in [7, 11) is 0. The predicted molar refractivity (Wildman–Crippen MR) is 81.6 cm³/mol. The van der Waals surface area contributed by atoms with Crippen LogP contribution in [0.2, 0.25) is 0 Å². The fraction of sp³-hybridized carbons (Fsp3) is 0. The summed E-state index contributed by atoms with van der Waals surface area (Å²) in [5, 5.41) is 16.6. The van der Waals surface area contributed by atoms with E-state index in [9.17, 15) is 14.9 Å². The van der Waals surface area contributed by atoms with Crippen LogP contribution in [-0.4, -0.2) is 10.8 Å². The van der Waals surface area contributed by atoms with Gasteiger partial charge in [0, 0.05) is 17.4 Å². The van der Waals surface area contributed by atoms with Gasteiger partial charge >= 0.3 is 0 Å². The van der Waals surface area contributed by atoms with Gasteiger partial charge in [0.1, 0.15) is 5.69 Å². The number of carbonyl (C=O) groups excluding carboxylic acids is 1. The zero-order valence-corrected chi connectivity index (χ0v) is 11.1. The number of amides is 1. The molecule has 0 fully saturated rings. The lowest BCUT2D eigenvalue weighted by molar-refractivity contribution is -0.383. The zero-order chi connectivity index (χ0) is 15.2. The summed E-state index contributed by atoms with van der Waals surface area (Å²) in [5.41, 5.74) is 1.30. The van der Waals surface area contributed by atoms with Gasteiger partial charge in [0.15, 0.2) is 0 Å². The van der Waals surface area contributed by atoms with Gasteiger partial charge in [-0.2, -0.15) is 0 Å². The number of rotatable bonds is 5. The number of benzene rings is 2. The van der Waals surface area contributed by atoms with Crippen LogP contribution in [0, 0.1) is 10.1 Å². The van der Waals surface area contributed by atoms with E-state index in [0.717, 1.165) is 11.8 Å². The summed E-state index contributed by atoms with van der Waals surface area (Å²) in [6.07, 6.45) is 1.10. The van der Waals surface area contributed by atoms with Crippen molar-refractivity contribution < 1.29 is 9.72 Å². The number of nitro groups is 1. The highest BCUT2D eigenvalue weighted by Gasteiger charge is 2.15. The van der Waals surface area contributed by atoms with Gasteiger partial charge in [-0.1, -0.05) is 24.8 Å². The van der Waals surface area contributed by atoms with Crippen LogP contribution < -0.4 is 10.6 Å². The number of hydrogen-bond donors (Lipinski definition) is 2. The average Bonchev–Trinajstić information content (AvgIpc) is 2.49. The number of nitrogens with one attached hydrogen (secondary N) is 2. The monoisotopic (exact) mass is 283 g/mol. The van der Waals surface area contributed by atoms with Crippen LogP contribution in [0.25, 0.3) is 0 Å². The Morgan fingerprint density at radius 2 is 1.86 bits per heavy atom. The summed E-state index contributed by atoms with van der Waals surface area (Å²) >= 11 is 0. The molecule has 0 saturated carbocycles. The van der Waals surface area contributed by atoms with Crippen molar-refractivity contribution in [3.8, 4) is 0 Å². The third-order valence-corrected chi connectivity index (χ3v) is 2.70. The highest BCUT2D eigenvalue weighted by molar-refractivity contribution is 5.99. The molecule has 1 amide bonds. The van der Waals surface area contributed by atoms with Gasteiger partial charge in [-0.15, -0.1) is 0 Å². The Bertz CT molecular complexity index is 684. The van der Waals surface area contributed by atoms with Crippen molar-refractivity contribution in [2.45, 2.75) is 0 Å². The first-order valence-corrected chi connectivity index (χ1v) is 6.14. The quantitative estimate of drug-likeness (QED) is 0.500. The second-order valence-corrected chi connectivity index (χ2v) is 4.17. The van der Waals surface area contributed by atoms with E-state index in [1.807, 2.05) is 18.2 Å². The standard InChI is InChI=1S/C15H13N3O3/c1-2-15(19)17-12-8-9-13(14(10-12)18(20)21)16-11-6-4-3-5-7-11/h2-10,16H,1H2,(H,17,19). The lowest BCUT2D eigenvalue weighted by Gasteiger charge is -2.09. The van der Waals surface area contributed by atoms with E-state index in [1.54, 1.807) is 24.3 Å². The molecule has 0 radical (unpaired) electrons. The van der Waals surface area contributed by atoms with E-state index in [1.165, 1.54) is 6.07 Å². The van der Waals surface area contributed by atoms with Gasteiger partial charge in [0.25, 0.3) is 5.69 Å². The molecule has 6 nitrogen and oxygen atoms in total. The van der Waals surface area contributed by atoms with Gasteiger partial charge in [-0.3, -0.25) is 14.9 Å². The van der Waals surface area contributed by atoms with Crippen LogP contribution in [0.15, 0.2) is 61.2 Å². The maximum atomic E-state index is 11.2. The van der Waals surface area contributed by atoms with Crippen molar-refractivity contribution in [1.82, 2.24) is 0 Å². The summed E-state index contributed by atoms with van der Waals surface area (Å²) < 4.78 is 0. The van der Waals surface area contributed by atoms with E-state index in [4.69, 9.17) is 0 Å². The first-order chi connectivity index (χ1) is 10.1. The van der Waals surface area contributed by atoms with Crippen molar-refractivity contribution in [3.05, 3.63) is 71.3 Å². The Hall–Kier alpha value is -3.15. The van der Waals surface area contributed by atoms with Crippen LogP contribution in [0.1, 0.15) is 0 Å². The molecule has 0 spiro atoms. The Kier molecular flexibility index (Phi) is 4.30. The average molecular weight is 283 g/mol. The maximum Gasteiger partial charge on any atom is 0.294 e. The summed E-state index contributed by atoms with van der Waals surface area (Å²) in [6, 6.07) is 13.5. The predicted octanol–water partition coefficient (Wildman–Crippen LogP) is 3.46. The van der Waals surface area contributed by atoms with E-state index in [-0.39, 0.29) is 5.69 Å². The molecule has 0 saturated heterocycles. The van der Waals surface area contributed by atoms with E-state index in [2.05, 4.69) is 17.2 Å². The second kappa shape index (κ2) is 6.33. The van der Waals surface area contributed by atoms with Gasteiger partial charge in [-0.05, 0) is 30.3 Å². The van der Waals surface area contributed by atoms with E-state index < -0.39 is 10.8 Å². The SMILES string of the molecule is C=CC(=O)Nc1ccc(Nc2ccccc2)c([N+](=O)[O-])c1. The number of nitrogens with zero attached hydrogens (tertiary/aromatic N) is 1.